The third kappa shape index (κ3) is 3.16. The highest BCUT2D eigenvalue weighted by Gasteiger charge is 2.16. The van der Waals surface area contributed by atoms with Crippen LogP contribution in [0.3, 0.4) is 0 Å². The molecule has 0 radical (unpaired) electrons. The number of rotatable bonds is 5. The molecular formula is C15H24N4O. The smallest absolute Gasteiger partial charge is 0.234 e. The van der Waals surface area contributed by atoms with Gasteiger partial charge >= 0.3 is 0 Å². The zero-order valence-corrected chi connectivity index (χ0v) is 13.0. The van der Waals surface area contributed by atoms with E-state index in [0.717, 1.165) is 29.4 Å². The van der Waals surface area contributed by atoms with Crippen molar-refractivity contribution in [1.82, 2.24) is 19.3 Å². The van der Waals surface area contributed by atoms with E-state index < -0.39 is 0 Å². The van der Waals surface area contributed by atoms with Gasteiger partial charge in [0.15, 0.2) is 0 Å². The van der Waals surface area contributed by atoms with E-state index in [1.54, 1.807) is 0 Å². The minimum Gasteiger partial charge on any atom is -0.392 e. The summed E-state index contributed by atoms with van der Waals surface area (Å²) < 4.78 is 2.09. The van der Waals surface area contributed by atoms with Gasteiger partial charge in [0, 0.05) is 30.5 Å². The van der Waals surface area contributed by atoms with Gasteiger partial charge in [0.2, 0.25) is 5.78 Å². The van der Waals surface area contributed by atoms with Crippen LogP contribution >= 0.6 is 0 Å². The van der Waals surface area contributed by atoms with Gasteiger partial charge in [0.05, 0.1) is 18.0 Å². The summed E-state index contributed by atoms with van der Waals surface area (Å²) in [6.07, 6.45) is 1.55. The fourth-order valence-corrected chi connectivity index (χ4v) is 2.51. The Kier molecular flexibility index (Phi) is 4.40. The van der Waals surface area contributed by atoms with Crippen molar-refractivity contribution in [2.45, 2.75) is 53.3 Å². The molecule has 1 N–H and O–H groups in total. The molecule has 5 nitrogen and oxygen atoms in total. The van der Waals surface area contributed by atoms with Crippen LogP contribution in [0.25, 0.3) is 5.78 Å². The van der Waals surface area contributed by atoms with Crippen molar-refractivity contribution >= 4 is 5.78 Å². The Morgan fingerprint density at radius 2 is 2.00 bits per heavy atom. The van der Waals surface area contributed by atoms with E-state index in [1.165, 1.54) is 0 Å². The fraction of sp³-hybridized carbons (Fsp3) is 0.600. The lowest BCUT2D eigenvalue weighted by Crippen LogP contribution is -2.36. The van der Waals surface area contributed by atoms with Crippen molar-refractivity contribution in [3.8, 4) is 0 Å². The zero-order valence-electron chi connectivity index (χ0n) is 13.0. The molecule has 0 spiro atoms. The summed E-state index contributed by atoms with van der Waals surface area (Å²) in [5.74, 6) is 0.748. The number of aromatic nitrogens is 3. The zero-order chi connectivity index (χ0) is 14.9. The van der Waals surface area contributed by atoms with E-state index in [9.17, 15) is 5.11 Å². The summed E-state index contributed by atoms with van der Waals surface area (Å²) in [5, 5.41) is 9.63. The predicted octanol–water partition coefficient (Wildman–Crippen LogP) is 1.94. The van der Waals surface area contributed by atoms with Crippen molar-refractivity contribution in [2.24, 2.45) is 0 Å². The van der Waals surface area contributed by atoms with Crippen LogP contribution in [0, 0.1) is 13.8 Å². The first-order chi connectivity index (χ1) is 9.38. The molecule has 1 unspecified atom stereocenters. The molecule has 5 heteroatoms. The van der Waals surface area contributed by atoms with Crippen LogP contribution in [0.1, 0.15) is 37.9 Å². The standard InChI is InChI=1S/C15H24N4O/c1-10(2)18(8-13(5)20)9-14-7-16-15-17-11(3)6-12(4)19(14)15/h6-7,10,13,20H,8-9H2,1-5H3. The normalized spacial score (nSPS) is 13.6. The second-order valence-corrected chi connectivity index (χ2v) is 5.80. The lowest BCUT2D eigenvalue weighted by molar-refractivity contribution is 0.102. The van der Waals surface area contributed by atoms with Gasteiger partial charge < -0.3 is 5.11 Å². The first-order valence-electron chi connectivity index (χ1n) is 7.11. The first kappa shape index (κ1) is 14.9. The van der Waals surface area contributed by atoms with Crippen LogP contribution < -0.4 is 0 Å². The van der Waals surface area contributed by atoms with Crippen LogP contribution in [-0.4, -0.2) is 43.1 Å². The Bertz CT molecular complexity index is 589. The first-order valence-corrected chi connectivity index (χ1v) is 7.11. The highest BCUT2D eigenvalue weighted by Crippen LogP contribution is 2.14. The van der Waals surface area contributed by atoms with Gasteiger partial charge in [0.25, 0.3) is 0 Å². The third-order valence-corrected chi connectivity index (χ3v) is 3.46. The minimum atomic E-state index is -0.335. The second-order valence-electron chi connectivity index (χ2n) is 5.80. The molecule has 2 rings (SSSR count). The van der Waals surface area contributed by atoms with Gasteiger partial charge in [-0.05, 0) is 40.7 Å². The number of nitrogens with zero attached hydrogens (tertiary/aromatic N) is 4. The maximum atomic E-state index is 9.63. The summed E-state index contributed by atoms with van der Waals surface area (Å²) in [7, 11) is 0. The molecule has 2 heterocycles. The molecule has 0 saturated carbocycles. The molecule has 0 amide bonds. The molecule has 0 bridgehead atoms. The molecule has 20 heavy (non-hydrogen) atoms. The number of fused-ring (bicyclic) bond motifs is 1. The molecule has 0 aliphatic rings. The van der Waals surface area contributed by atoms with E-state index in [-0.39, 0.29) is 6.10 Å². The van der Waals surface area contributed by atoms with E-state index >= 15 is 0 Å². The number of aliphatic hydroxyl groups excluding tert-OH is 1. The number of imidazole rings is 1. The van der Waals surface area contributed by atoms with Crippen LogP contribution in [0.5, 0.6) is 0 Å². The monoisotopic (exact) mass is 276 g/mol. The van der Waals surface area contributed by atoms with E-state index in [4.69, 9.17) is 0 Å². The topological polar surface area (TPSA) is 53.7 Å². The average Bonchev–Trinajstić information content (AvgIpc) is 2.70. The van der Waals surface area contributed by atoms with Crippen LogP contribution in [0.15, 0.2) is 12.3 Å². The van der Waals surface area contributed by atoms with E-state index in [2.05, 4.69) is 46.1 Å². The Morgan fingerprint density at radius 1 is 1.30 bits per heavy atom. The third-order valence-electron chi connectivity index (χ3n) is 3.46. The highest BCUT2D eigenvalue weighted by atomic mass is 16.3. The van der Waals surface area contributed by atoms with Crippen molar-refractivity contribution in [2.75, 3.05) is 6.54 Å². The summed E-state index contributed by atoms with van der Waals surface area (Å²) in [4.78, 5) is 11.1. The van der Waals surface area contributed by atoms with Gasteiger partial charge in [0.1, 0.15) is 0 Å². The molecule has 110 valence electrons. The second kappa shape index (κ2) is 5.89. The molecule has 0 aliphatic carbocycles. The number of aryl methyl sites for hydroxylation is 2. The average molecular weight is 276 g/mol. The van der Waals surface area contributed by atoms with Gasteiger partial charge in [-0.15, -0.1) is 0 Å². The highest BCUT2D eigenvalue weighted by molar-refractivity contribution is 5.35. The predicted molar refractivity (Wildman–Crippen MR) is 79.7 cm³/mol. The minimum absolute atomic E-state index is 0.335. The molecule has 2 aromatic heterocycles. The molecule has 0 saturated heterocycles. The van der Waals surface area contributed by atoms with Gasteiger partial charge in [-0.3, -0.25) is 9.30 Å². The van der Waals surface area contributed by atoms with E-state index in [1.807, 2.05) is 20.0 Å². The molecule has 0 aliphatic heterocycles. The van der Waals surface area contributed by atoms with Gasteiger partial charge in [-0.25, -0.2) is 9.97 Å². The molecular weight excluding hydrogens is 252 g/mol. The Labute approximate surface area is 120 Å². The summed E-state index contributed by atoms with van der Waals surface area (Å²) >= 11 is 0. The SMILES string of the molecule is Cc1cc(C)n2c(CN(CC(C)O)C(C)C)cnc2n1. The van der Waals surface area contributed by atoms with Crippen molar-refractivity contribution in [3.63, 3.8) is 0 Å². The number of hydrogen-bond donors (Lipinski definition) is 1. The van der Waals surface area contributed by atoms with Crippen molar-refractivity contribution < 1.29 is 5.11 Å². The molecule has 0 aromatic carbocycles. The number of aliphatic hydroxyl groups is 1. The lowest BCUT2D eigenvalue weighted by atomic mass is 10.2. The Hall–Kier alpha value is -1.46. The molecule has 2 aromatic rings. The summed E-state index contributed by atoms with van der Waals surface area (Å²) in [6, 6.07) is 2.43. The molecule has 1 atom stereocenters. The van der Waals surface area contributed by atoms with Crippen LogP contribution in [-0.2, 0) is 6.54 Å². The quantitative estimate of drug-likeness (QED) is 0.906. The largest absolute Gasteiger partial charge is 0.392 e. The van der Waals surface area contributed by atoms with Crippen LogP contribution in [0.4, 0.5) is 0 Å². The fourth-order valence-electron chi connectivity index (χ4n) is 2.51. The van der Waals surface area contributed by atoms with Crippen molar-refractivity contribution in [3.05, 3.63) is 29.3 Å². The van der Waals surface area contributed by atoms with Gasteiger partial charge in [-0.2, -0.15) is 0 Å². The Balaban J connectivity index is 2.33. The summed E-state index contributed by atoms with van der Waals surface area (Å²) in [6.45, 7) is 11.6. The van der Waals surface area contributed by atoms with Crippen LogP contribution in [0.2, 0.25) is 0 Å². The maximum Gasteiger partial charge on any atom is 0.234 e. The Morgan fingerprint density at radius 3 is 2.60 bits per heavy atom. The van der Waals surface area contributed by atoms with Crippen molar-refractivity contribution in [1.29, 1.82) is 0 Å². The van der Waals surface area contributed by atoms with Gasteiger partial charge in [-0.1, -0.05) is 0 Å². The number of hydrogen-bond acceptors (Lipinski definition) is 4. The van der Waals surface area contributed by atoms with E-state index in [0.29, 0.717) is 12.6 Å². The summed E-state index contributed by atoms with van der Waals surface area (Å²) in [5.41, 5.74) is 3.23. The maximum absolute atomic E-state index is 9.63. The lowest BCUT2D eigenvalue weighted by Gasteiger charge is -2.27. The molecule has 0 fully saturated rings.